The molecule has 2 aliphatic carbocycles. The first-order valence-corrected chi connectivity index (χ1v) is 21.7. The molecule has 0 aromatic carbocycles. The standard InChI is InChI=1S/2C22H28N4O2.2CH4/c2*1-2-19-22(18(1)15-5-9-27-10-6-15)26-12-20(24-21(26)11-23-19)16-3-7-25(8-4-16)17-13-28-14-17;;/h2*1,11-12,15-17H,2-10,13-14H2;2*1H4. The molecule has 6 saturated heterocycles. The van der Waals surface area contributed by atoms with Gasteiger partial charge < -0.3 is 18.9 Å². The Morgan fingerprint density at radius 3 is 1.24 bits per heavy atom. The first kappa shape index (κ1) is 39.9. The predicted octanol–water partition coefficient (Wildman–Crippen LogP) is 6.62. The zero-order valence-corrected chi connectivity index (χ0v) is 32.7. The van der Waals surface area contributed by atoms with E-state index >= 15 is 0 Å². The van der Waals surface area contributed by atoms with Gasteiger partial charge in [-0.05, 0) is 101 Å². The second kappa shape index (κ2) is 17.2. The van der Waals surface area contributed by atoms with Crippen molar-refractivity contribution >= 4 is 22.4 Å². The van der Waals surface area contributed by atoms with Gasteiger partial charge in [-0.25, -0.2) is 9.97 Å². The third kappa shape index (κ3) is 7.47. The monoisotopic (exact) mass is 793 g/mol. The molecule has 12 nitrogen and oxygen atoms in total. The Labute approximate surface area is 344 Å². The number of imidazole rings is 2. The molecule has 0 unspecified atom stereocenters. The van der Waals surface area contributed by atoms with Crippen molar-refractivity contribution in [3.05, 3.63) is 71.1 Å². The molecule has 58 heavy (non-hydrogen) atoms. The van der Waals surface area contributed by atoms with E-state index < -0.39 is 0 Å². The van der Waals surface area contributed by atoms with Crippen molar-refractivity contribution < 1.29 is 18.9 Å². The van der Waals surface area contributed by atoms with Crippen LogP contribution in [0, 0.1) is 11.8 Å². The summed E-state index contributed by atoms with van der Waals surface area (Å²) < 4.78 is 26.6. The number of nitrogens with zero attached hydrogens (tertiary/aromatic N) is 8. The molecule has 312 valence electrons. The van der Waals surface area contributed by atoms with Crippen molar-refractivity contribution in [2.45, 2.75) is 103 Å². The lowest BCUT2D eigenvalue weighted by atomic mass is 9.90. The fourth-order valence-electron chi connectivity index (χ4n) is 10.7. The summed E-state index contributed by atoms with van der Waals surface area (Å²) in [6.07, 6.45) is 24.5. The highest BCUT2D eigenvalue weighted by atomic mass is 16.5. The van der Waals surface area contributed by atoms with E-state index in [0.717, 1.165) is 129 Å². The summed E-state index contributed by atoms with van der Waals surface area (Å²) in [6.45, 7) is 11.8. The van der Waals surface area contributed by atoms with E-state index in [-0.39, 0.29) is 14.9 Å². The Morgan fingerprint density at radius 2 is 0.879 bits per heavy atom. The molecule has 6 aliphatic heterocycles. The zero-order valence-electron chi connectivity index (χ0n) is 32.7. The van der Waals surface area contributed by atoms with Crippen molar-refractivity contribution in [2.75, 3.05) is 79.0 Å². The van der Waals surface area contributed by atoms with Gasteiger partial charge in [0.05, 0.1) is 85.1 Å². The Hall–Kier alpha value is -3.52. The third-order valence-corrected chi connectivity index (χ3v) is 14.3. The molecule has 4 aromatic rings. The molecule has 4 aromatic heterocycles. The van der Waals surface area contributed by atoms with Gasteiger partial charge in [0.25, 0.3) is 0 Å². The molecule has 0 bridgehead atoms. The second-order valence-corrected chi connectivity index (χ2v) is 17.4. The first-order chi connectivity index (χ1) is 27.7. The van der Waals surface area contributed by atoms with Crippen LogP contribution < -0.4 is 0 Å². The highest BCUT2D eigenvalue weighted by Crippen LogP contribution is 2.40. The average molecular weight is 793 g/mol. The molecule has 10 heterocycles. The molecule has 0 spiro atoms. The third-order valence-electron chi connectivity index (χ3n) is 14.3. The van der Waals surface area contributed by atoms with Crippen molar-refractivity contribution in [1.29, 1.82) is 0 Å². The van der Waals surface area contributed by atoms with E-state index in [0.29, 0.717) is 35.8 Å². The van der Waals surface area contributed by atoms with Crippen LogP contribution in [0.25, 0.3) is 22.4 Å². The maximum atomic E-state index is 5.58. The number of aromatic nitrogens is 6. The molecule has 0 amide bonds. The second-order valence-electron chi connectivity index (χ2n) is 17.4. The van der Waals surface area contributed by atoms with Crippen LogP contribution >= 0.6 is 0 Å². The Kier molecular flexibility index (Phi) is 11.9. The van der Waals surface area contributed by atoms with Gasteiger partial charge in [0, 0.05) is 63.5 Å². The summed E-state index contributed by atoms with van der Waals surface area (Å²) >= 11 is 0. The number of likely N-dealkylation sites (tertiary alicyclic amines) is 2. The van der Waals surface area contributed by atoms with Crippen LogP contribution in [0.1, 0.15) is 112 Å². The quantitative estimate of drug-likeness (QED) is 0.212. The maximum absolute atomic E-state index is 5.58. The lowest BCUT2D eigenvalue weighted by molar-refractivity contribution is -0.0713. The van der Waals surface area contributed by atoms with Crippen LogP contribution in [-0.4, -0.2) is 130 Å². The van der Waals surface area contributed by atoms with Gasteiger partial charge in [0.2, 0.25) is 0 Å². The fourth-order valence-corrected chi connectivity index (χ4v) is 10.7. The van der Waals surface area contributed by atoms with Crippen LogP contribution in [0.3, 0.4) is 0 Å². The number of rotatable bonds is 6. The summed E-state index contributed by atoms with van der Waals surface area (Å²) in [5.41, 5.74) is 12.5. The van der Waals surface area contributed by atoms with E-state index in [2.05, 4.69) is 43.1 Å². The van der Waals surface area contributed by atoms with Gasteiger partial charge in [-0.15, -0.1) is 0 Å². The highest BCUT2D eigenvalue weighted by molar-refractivity contribution is 5.74. The van der Waals surface area contributed by atoms with Crippen LogP contribution in [0.15, 0.2) is 36.9 Å². The molecule has 0 N–H and O–H groups in total. The first-order valence-electron chi connectivity index (χ1n) is 21.7. The normalized spacial score (nSPS) is 24.2. The van der Waals surface area contributed by atoms with Crippen LogP contribution in [-0.2, 0) is 31.8 Å². The minimum atomic E-state index is 0. The van der Waals surface area contributed by atoms with Gasteiger partial charge in [-0.1, -0.05) is 27.0 Å². The molecule has 0 atom stereocenters. The smallest absolute Gasteiger partial charge is 0.156 e. The topological polar surface area (TPSA) is 104 Å². The van der Waals surface area contributed by atoms with Gasteiger partial charge >= 0.3 is 0 Å². The molecule has 0 saturated carbocycles. The van der Waals surface area contributed by atoms with Crippen LogP contribution in [0.2, 0.25) is 0 Å². The van der Waals surface area contributed by atoms with E-state index in [4.69, 9.17) is 38.9 Å². The van der Waals surface area contributed by atoms with Crippen LogP contribution in [0.5, 0.6) is 0 Å². The zero-order chi connectivity index (χ0) is 37.0. The number of piperidine rings is 2. The van der Waals surface area contributed by atoms with E-state index in [1.165, 1.54) is 71.0 Å². The van der Waals surface area contributed by atoms with Gasteiger partial charge in [-0.2, -0.15) is 0 Å². The summed E-state index contributed by atoms with van der Waals surface area (Å²) in [5, 5.41) is 0. The summed E-state index contributed by atoms with van der Waals surface area (Å²) in [6, 6.07) is 1.31. The Bertz CT molecular complexity index is 1960. The SMILES string of the molecule is C.C.C1=C(C2CCOCC2)c2c(ncc3nc(C4CCN(C5COC5)CC4)cn23)C1.C1=C(C2CCOCC2)c2c(ncc3nc(C4CCN(C5COC5)CC4)cn23)C1. The summed E-state index contributed by atoms with van der Waals surface area (Å²) in [7, 11) is 0. The largest absolute Gasteiger partial charge is 0.381 e. The van der Waals surface area contributed by atoms with Crippen molar-refractivity contribution in [2.24, 2.45) is 11.8 Å². The number of allylic oxidation sites excluding steroid dienone is 4. The highest BCUT2D eigenvalue weighted by Gasteiger charge is 2.34. The molecule has 12 rings (SSSR count). The summed E-state index contributed by atoms with van der Waals surface area (Å²) in [5.74, 6) is 2.32. The van der Waals surface area contributed by atoms with Crippen molar-refractivity contribution in [1.82, 2.24) is 38.5 Å². The molecule has 0 radical (unpaired) electrons. The Morgan fingerprint density at radius 1 is 0.483 bits per heavy atom. The Balaban J connectivity index is 0.000000145. The lowest BCUT2D eigenvalue weighted by Gasteiger charge is -2.41. The number of fused-ring (bicyclic) bond motifs is 6. The molecule has 6 fully saturated rings. The van der Waals surface area contributed by atoms with Gasteiger partial charge in [-0.3, -0.25) is 28.6 Å². The number of hydrogen-bond donors (Lipinski definition) is 0. The van der Waals surface area contributed by atoms with E-state index in [1.807, 2.05) is 12.4 Å². The minimum Gasteiger partial charge on any atom is -0.381 e. The molecule has 8 aliphatic rings. The van der Waals surface area contributed by atoms with Gasteiger partial charge in [0.1, 0.15) is 0 Å². The minimum absolute atomic E-state index is 0. The maximum Gasteiger partial charge on any atom is 0.156 e. The van der Waals surface area contributed by atoms with Gasteiger partial charge in [0.15, 0.2) is 11.3 Å². The average Bonchev–Trinajstić information content (AvgIpc) is 4.02. The fraction of sp³-hybridized carbons (Fsp3) is 0.652. The van der Waals surface area contributed by atoms with Crippen molar-refractivity contribution in [3.8, 4) is 0 Å². The van der Waals surface area contributed by atoms with Crippen molar-refractivity contribution in [3.63, 3.8) is 0 Å². The predicted molar refractivity (Wildman–Crippen MR) is 226 cm³/mol. The van der Waals surface area contributed by atoms with E-state index in [1.54, 1.807) is 0 Å². The summed E-state index contributed by atoms with van der Waals surface area (Å²) in [4.78, 5) is 24.7. The molecule has 12 heteroatoms. The van der Waals surface area contributed by atoms with Crippen LogP contribution in [0.4, 0.5) is 0 Å². The van der Waals surface area contributed by atoms with E-state index in [9.17, 15) is 0 Å². The molecular weight excluding hydrogens is 729 g/mol. The number of hydrogen-bond acceptors (Lipinski definition) is 10. The molecular formula is C46H64N8O4. The number of ether oxygens (including phenoxy) is 4. The lowest BCUT2D eigenvalue weighted by Crippen LogP contribution is -2.51.